The third kappa shape index (κ3) is 2.92. The van der Waals surface area contributed by atoms with Gasteiger partial charge in [-0.25, -0.2) is 0 Å². The van der Waals surface area contributed by atoms with Crippen molar-refractivity contribution >= 4 is 22.6 Å². The Morgan fingerprint density at radius 3 is 2.91 bits per heavy atom. The third-order valence-corrected chi connectivity index (χ3v) is 3.79. The van der Waals surface area contributed by atoms with Crippen LogP contribution in [0.2, 0.25) is 5.02 Å². The minimum atomic E-state index is -0.200. The lowest BCUT2D eigenvalue weighted by Gasteiger charge is -2.15. The highest BCUT2D eigenvalue weighted by atomic mass is 35.5. The van der Waals surface area contributed by atoms with Crippen LogP contribution in [0.15, 0.2) is 41.1 Å². The molecule has 2 aromatic heterocycles. The van der Waals surface area contributed by atoms with Crippen molar-refractivity contribution in [3.8, 4) is 5.75 Å². The molecule has 0 bridgehead atoms. The lowest BCUT2D eigenvalue weighted by atomic mass is 10.1. The number of benzene rings is 1. The lowest BCUT2D eigenvalue weighted by molar-refractivity contribution is 0.222. The number of hydrogen-bond donors (Lipinski definition) is 0. The van der Waals surface area contributed by atoms with Crippen molar-refractivity contribution < 1.29 is 9.26 Å². The first-order chi connectivity index (χ1) is 10.7. The number of halogens is 1. The Morgan fingerprint density at radius 2 is 2.18 bits per heavy atom. The molecule has 5 heteroatoms. The molecule has 0 aliphatic rings. The average Bonchev–Trinajstić information content (AvgIpc) is 2.91. The van der Waals surface area contributed by atoms with E-state index in [1.807, 2.05) is 31.2 Å². The van der Waals surface area contributed by atoms with Gasteiger partial charge in [-0.1, -0.05) is 36.2 Å². The summed E-state index contributed by atoms with van der Waals surface area (Å²) >= 11 is 6.35. The fourth-order valence-electron chi connectivity index (χ4n) is 2.36. The fourth-order valence-corrected chi connectivity index (χ4v) is 2.57. The van der Waals surface area contributed by atoms with Crippen LogP contribution in [0.3, 0.4) is 0 Å². The van der Waals surface area contributed by atoms with Crippen LogP contribution in [-0.2, 0) is 6.42 Å². The number of rotatable bonds is 5. The highest BCUT2D eigenvalue weighted by molar-refractivity contribution is 6.32. The summed E-state index contributed by atoms with van der Waals surface area (Å²) < 4.78 is 11.3. The summed E-state index contributed by atoms with van der Waals surface area (Å²) in [6.07, 6.45) is 3.42. The smallest absolute Gasteiger partial charge is 0.170 e. The van der Waals surface area contributed by atoms with Crippen LogP contribution in [0.25, 0.3) is 11.0 Å². The minimum Gasteiger partial charge on any atom is -0.483 e. The molecule has 0 aliphatic carbocycles. The molecular formula is C17H17ClN2O2. The van der Waals surface area contributed by atoms with E-state index in [9.17, 15) is 0 Å². The van der Waals surface area contributed by atoms with Gasteiger partial charge in [-0.3, -0.25) is 4.98 Å². The Kier molecular flexibility index (Phi) is 4.29. The van der Waals surface area contributed by atoms with Crippen LogP contribution in [0, 0.1) is 0 Å². The summed E-state index contributed by atoms with van der Waals surface area (Å²) in [5.41, 5.74) is 2.47. The number of aromatic nitrogens is 2. The first kappa shape index (κ1) is 14.9. The largest absolute Gasteiger partial charge is 0.483 e. The minimum absolute atomic E-state index is 0.200. The van der Waals surface area contributed by atoms with Crippen molar-refractivity contribution in [2.45, 2.75) is 32.8 Å². The Labute approximate surface area is 134 Å². The van der Waals surface area contributed by atoms with E-state index >= 15 is 0 Å². The van der Waals surface area contributed by atoms with E-state index in [0.29, 0.717) is 16.4 Å². The van der Waals surface area contributed by atoms with E-state index in [-0.39, 0.29) is 6.10 Å². The van der Waals surface area contributed by atoms with Gasteiger partial charge in [0, 0.05) is 17.6 Å². The summed E-state index contributed by atoms with van der Waals surface area (Å²) in [7, 11) is 0. The van der Waals surface area contributed by atoms with Gasteiger partial charge in [0.1, 0.15) is 11.9 Å². The number of pyridine rings is 1. The lowest BCUT2D eigenvalue weighted by Crippen LogP contribution is -2.05. The summed E-state index contributed by atoms with van der Waals surface area (Å²) in [6.45, 7) is 4.04. The Morgan fingerprint density at radius 1 is 1.32 bits per heavy atom. The van der Waals surface area contributed by atoms with Gasteiger partial charge in [-0.05, 0) is 31.5 Å². The van der Waals surface area contributed by atoms with Gasteiger partial charge < -0.3 is 9.26 Å². The van der Waals surface area contributed by atoms with Gasteiger partial charge in [-0.15, -0.1) is 0 Å². The molecule has 0 spiro atoms. The summed E-state index contributed by atoms with van der Waals surface area (Å²) in [6, 6.07) is 9.38. The van der Waals surface area contributed by atoms with Crippen molar-refractivity contribution in [3.63, 3.8) is 0 Å². The van der Waals surface area contributed by atoms with Crippen LogP contribution in [0.4, 0.5) is 0 Å². The molecule has 2 heterocycles. The van der Waals surface area contributed by atoms with Crippen molar-refractivity contribution in [3.05, 3.63) is 52.9 Å². The molecular weight excluding hydrogens is 300 g/mol. The first-order valence-electron chi connectivity index (χ1n) is 7.34. The van der Waals surface area contributed by atoms with E-state index in [4.69, 9.17) is 20.9 Å². The fraction of sp³-hybridized carbons (Fsp3) is 0.294. The van der Waals surface area contributed by atoms with E-state index in [1.165, 1.54) is 0 Å². The van der Waals surface area contributed by atoms with Crippen LogP contribution >= 0.6 is 11.6 Å². The SMILES string of the molecule is CCCc1noc2cc(O[C@H](C)c3ccccn3)c(Cl)cc12. The maximum atomic E-state index is 6.35. The van der Waals surface area contributed by atoms with Crippen LogP contribution in [0.1, 0.15) is 37.8 Å². The van der Waals surface area contributed by atoms with E-state index in [1.54, 1.807) is 12.3 Å². The standard InChI is InChI=1S/C17H17ClN2O2/c1-3-6-15-12-9-13(18)17(10-16(12)22-20-15)21-11(2)14-7-4-5-8-19-14/h4-5,7-11H,3,6H2,1-2H3/t11-/m1/s1. The van der Waals surface area contributed by atoms with Gasteiger partial charge in [0.25, 0.3) is 0 Å². The van der Waals surface area contributed by atoms with Crippen LogP contribution < -0.4 is 4.74 Å². The quantitative estimate of drug-likeness (QED) is 0.667. The van der Waals surface area contributed by atoms with Crippen molar-refractivity contribution in [1.82, 2.24) is 10.1 Å². The third-order valence-electron chi connectivity index (χ3n) is 3.49. The zero-order chi connectivity index (χ0) is 15.5. The van der Waals surface area contributed by atoms with Gasteiger partial charge in [0.2, 0.25) is 0 Å². The highest BCUT2D eigenvalue weighted by Crippen LogP contribution is 2.34. The molecule has 3 rings (SSSR count). The molecule has 0 fully saturated rings. The predicted octanol–water partition coefficient (Wildman–Crippen LogP) is 4.97. The van der Waals surface area contributed by atoms with E-state index < -0.39 is 0 Å². The molecule has 0 unspecified atom stereocenters. The summed E-state index contributed by atoms with van der Waals surface area (Å²) in [4.78, 5) is 4.29. The molecule has 114 valence electrons. The van der Waals surface area contributed by atoms with Crippen molar-refractivity contribution in [1.29, 1.82) is 0 Å². The highest BCUT2D eigenvalue weighted by Gasteiger charge is 2.15. The summed E-state index contributed by atoms with van der Waals surface area (Å²) in [5.74, 6) is 0.575. The number of aryl methyl sites for hydroxylation is 1. The normalized spacial score (nSPS) is 12.5. The zero-order valence-corrected chi connectivity index (χ0v) is 13.3. The Balaban J connectivity index is 1.89. The first-order valence-corrected chi connectivity index (χ1v) is 7.72. The van der Waals surface area contributed by atoms with Crippen LogP contribution in [0.5, 0.6) is 5.75 Å². The van der Waals surface area contributed by atoms with Gasteiger partial charge in [0.15, 0.2) is 5.58 Å². The van der Waals surface area contributed by atoms with Crippen molar-refractivity contribution in [2.24, 2.45) is 0 Å². The molecule has 22 heavy (non-hydrogen) atoms. The monoisotopic (exact) mass is 316 g/mol. The second-order valence-electron chi connectivity index (χ2n) is 5.17. The van der Waals surface area contributed by atoms with Crippen molar-refractivity contribution in [2.75, 3.05) is 0 Å². The molecule has 1 atom stereocenters. The molecule has 4 nitrogen and oxygen atoms in total. The molecule has 0 saturated heterocycles. The Bertz CT molecular complexity index is 771. The van der Waals surface area contributed by atoms with E-state index in [0.717, 1.165) is 29.6 Å². The van der Waals surface area contributed by atoms with Crippen LogP contribution in [-0.4, -0.2) is 10.1 Å². The second kappa shape index (κ2) is 6.36. The number of nitrogens with zero attached hydrogens (tertiary/aromatic N) is 2. The number of fused-ring (bicyclic) bond motifs is 1. The van der Waals surface area contributed by atoms with Gasteiger partial charge >= 0.3 is 0 Å². The molecule has 1 aromatic carbocycles. The number of hydrogen-bond acceptors (Lipinski definition) is 4. The molecule has 3 aromatic rings. The van der Waals surface area contributed by atoms with E-state index in [2.05, 4.69) is 17.1 Å². The molecule has 0 saturated carbocycles. The molecule has 0 radical (unpaired) electrons. The molecule has 0 N–H and O–H groups in total. The average molecular weight is 317 g/mol. The summed E-state index contributed by atoms with van der Waals surface area (Å²) in [5, 5.41) is 5.60. The predicted molar refractivity (Wildman–Crippen MR) is 86.3 cm³/mol. The molecule has 0 aliphatic heterocycles. The molecule has 0 amide bonds. The number of ether oxygens (including phenoxy) is 1. The maximum Gasteiger partial charge on any atom is 0.170 e. The van der Waals surface area contributed by atoms with Gasteiger partial charge in [0.05, 0.1) is 16.4 Å². The topological polar surface area (TPSA) is 48.2 Å². The Hall–Kier alpha value is -2.07. The second-order valence-corrected chi connectivity index (χ2v) is 5.58. The van der Waals surface area contributed by atoms with Gasteiger partial charge in [-0.2, -0.15) is 0 Å². The zero-order valence-electron chi connectivity index (χ0n) is 12.5. The maximum absolute atomic E-state index is 6.35.